The number of hydrogen-bond donors (Lipinski definition) is 0. The molecule has 2 aliphatic heterocycles. The number of hydrogen-bond acceptors (Lipinski definition) is 5. The Morgan fingerprint density at radius 2 is 1.24 bits per heavy atom. The summed E-state index contributed by atoms with van der Waals surface area (Å²) in [5.41, 5.74) is 20.9. The molecule has 13 rings (SSSR count). The molecule has 68 heavy (non-hydrogen) atoms. The first-order valence-corrected chi connectivity index (χ1v) is 24.7. The summed E-state index contributed by atoms with van der Waals surface area (Å²) in [5, 5.41) is 3.50. The van der Waals surface area contributed by atoms with E-state index in [-0.39, 0.29) is 6.71 Å². The number of fused-ring (bicyclic) bond motifs is 9. The molecule has 0 atom stereocenters. The molecule has 0 spiro atoms. The van der Waals surface area contributed by atoms with Gasteiger partial charge in [-0.05, 0) is 145 Å². The van der Waals surface area contributed by atoms with Gasteiger partial charge in [0.15, 0.2) is 5.58 Å². The van der Waals surface area contributed by atoms with Gasteiger partial charge >= 0.3 is 0 Å². The molecule has 0 radical (unpaired) electrons. The van der Waals surface area contributed by atoms with Gasteiger partial charge in [0, 0.05) is 65.4 Å². The Morgan fingerprint density at radius 3 is 2.03 bits per heavy atom. The minimum atomic E-state index is -0.0343. The Balaban J connectivity index is 1.11. The fourth-order valence-electron chi connectivity index (χ4n) is 10.9. The molecule has 0 fully saturated rings. The van der Waals surface area contributed by atoms with E-state index in [1.807, 2.05) is 11.3 Å². The van der Waals surface area contributed by atoms with Gasteiger partial charge in [0.2, 0.25) is 0 Å². The molecule has 0 N–H and O–H groups in total. The van der Waals surface area contributed by atoms with Crippen molar-refractivity contribution in [3.8, 4) is 11.1 Å². The topological polar surface area (TPSA) is 22.9 Å². The largest absolute Gasteiger partial charge is 0.454 e. The molecule has 326 valence electrons. The highest BCUT2D eigenvalue weighted by atomic mass is 32.1. The number of aryl methyl sites for hydroxylation is 3. The molecule has 0 saturated heterocycles. The Kier molecular flexibility index (Phi) is 9.65. The van der Waals surface area contributed by atoms with Crippen LogP contribution < -0.4 is 30.4 Å². The average molecular weight is 894 g/mol. The van der Waals surface area contributed by atoms with Gasteiger partial charge in [-0.3, -0.25) is 0 Å². The minimum absolute atomic E-state index is 0.0343. The van der Waals surface area contributed by atoms with E-state index in [1.165, 1.54) is 89.2 Å². The summed E-state index contributed by atoms with van der Waals surface area (Å²) in [7, 11) is 0. The fraction of sp³-hybridized carbons (Fsp3) is 0.0968. The second kappa shape index (κ2) is 16.2. The Bertz CT molecular complexity index is 3710. The van der Waals surface area contributed by atoms with Crippen molar-refractivity contribution in [2.45, 2.75) is 40.0 Å². The molecule has 2 aliphatic rings. The standard InChI is InChI=1S/C62H48BN3OS/c1-4-5-15-42-26-31-47(32-27-42)65-55-36-41(3)37-56-59(55)63(62-60(65)51-38-44(28-35-58(51)68-62)43-16-8-6-9-17-43)52-34-33-48(64(45-18-10-7-11-19-45)46-29-24-40(2)25-30-46)39-54(52)66(56)53-22-14-21-50-49-20-12-13-23-57(49)67-61(50)53/h6-14,16-39H,4-5,15H2,1-3H3. The number of benzene rings is 9. The van der Waals surface area contributed by atoms with E-state index in [1.54, 1.807) is 0 Å². The van der Waals surface area contributed by atoms with Crippen molar-refractivity contribution in [2.24, 2.45) is 0 Å². The highest BCUT2D eigenvalue weighted by molar-refractivity contribution is 7.33. The second-order valence-electron chi connectivity index (χ2n) is 18.5. The molecule has 11 aromatic rings. The molecule has 4 heterocycles. The maximum Gasteiger partial charge on any atom is 0.264 e. The van der Waals surface area contributed by atoms with Crippen molar-refractivity contribution < 1.29 is 4.42 Å². The van der Waals surface area contributed by atoms with Gasteiger partial charge < -0.3 is 19.1 Å². The fourth-order valence-corrected chi connectivity index (χ4v) is 12.2. The average Bonchev–Trinajstić information content (AvgIpc) is 3.96. The van der Waals surface area contributed by atoms with Crippen molar-refractivity contribution in [1.29, 1.82) is 0 Å². The van der Waals surface area contributed by atoms with Crippen molar-refractivity contribution >= 4 is 117 Å². The summed E-state index contributed by atoms with van der Waals surface area (Å²) in [6, 6.07) is 74.0. The summed E-state index contributed by atoms with van der Waals surface area (Å²) in [4.78, 5) is 7.49. The third-order valence-corrected chi connectivity index (χ3v) is 15.3. The SMILES string of the molecule is CCCCc1ccc(N2c3cc(C)cc4c3B(c3ccc(N(c5ccccc5)c5ccc(C)cc5)cc3N4c3cccc4c3oc3ccccc34)c3sc4ccc(-c5ccccc5)cc4c32)cc1. The van der Waals surface area contributed by atoms with Gasteiger partial charge in [-0.1, -0.05) is 134 Å². The van der Waals surface area contributed by atoms with Gasteiger partial charge in [0.05, 0.1) is 11.4 Å². The van der Waals surface area contributed by atoms with E-state index < -0.39 is 0 Å². The zero-order chi connectivity index (χ0) is 45.5. The first-order valence-electron chi connectivity index (χ1n) is 23.9. The minimum Gasteiger partial charge on any atom is -0.454 e. The first-order chi connectivity index (χ1) is 33.5. The van der Waals surface area contributed by atoms with Crippen LogP contribution in [0, 0.1) is 13.8 Å². The van der Waals surface area contributed by atoms with Crippen LogP contribution in [0.25, 0.3) is 43.2 Å². The molecular weight excluding hydrogens is 846 g/mol. The lowest BCUT2D eigenvalue weighted by Crippen LogP contribution is -2.60. The Morgan fingerprint density at radius 1 is 0.529 bits per heavy atom. The van der Waals surface area contributed by atoms with E-state index >= 15 is 0 Å². The summed E-state index contributed by atoms with van der Waals surface area (Å²) in [6.07, 6.45) is 3.44. The van der Waals surface area contributed by atoms with Crippen molar-refractivity contribution in [1.82, 2.24) is 0 Å². The number of furan rings is 1. The van der Waals surface area contributed by atoms with Crippen molar-refractivity contribution in [2.75, 3.05) is 14.7 Å². The third kappa shape index (κ3) is 6.50. The van der Waals surface area contributed by atoms with E-state index in [4.69, 9.17) is 4.42 Å². The van der Waals surface area contributed by atoms with Gasteiger partial charge in [-0.15, -0.1) is 11.3 Å². The maximum absolute atomic E-state index is 6.93. The van der Waals surface area contributed by atoms with Gasteiger partial charge in [-0.25, -0.2) is 0 Å². The Labute approximate surface area is 402 Å². The molecule has 9 aromatic carbocycles. The third-order valence-electron chi connectivity index (χ3n) is 14.1. The highest BCUT2D eigenvalue weighted by Crippen LogP contribution is 2.51. The van der Waals surface area contributed by atoms with Crippen LogP contribution in [0.3, 0.4) is 0 Å². The van der Waals surface area contributed by atoms with Crippen molar-refractivity contribution in [3.63, 3.8) is 0 Å². The zero-order valence-corrected chi connectivity index (χ0v) is 39.2. The molecule has 0 bridgehead atoms. The van der Waals surface area contributed by atoms with Crippen molar-refractivity contribution in [3.05, 3.63) is 217 Å². The van der Waals surface area contributed by atoms with Crippen LogP contribution in [-0.4, -0.2) is 6.71 Å². The summed E-state index contributed by atoms with van der Waals surface area (Å²) < 4.78 is 9.57. The Hall–Kier alpha value is -7.80. The molecule has 2 aromatic heterocycles. The van der Waals surface area contributed by atoms with E-state index in [0.29, 0.717) is 0 Å². The molecule has 0 saturated carbocycles. The predicted molar refractivity (Wildman–Crippen MR) is 291 cm³/mol. The van der Waals surface area contributed by atoms with Crippen LogP contribution in [0.2, 0.25) is 0 Å². The number of nitrogens with zero attached hydrogens (tertiary/aromatic N) is 3. The first kappa shape index (κ1) is 40.5. The number of thiophene rings is 1. The summed E-state index contributed by atoms with van der Waals surface area (Å²) in [5.74, 6) is 0. The van der Waals surface area contributed by atoms with Crippen LogP contribution in [0.1, 0.15) is 36.5 Å². The lowest BCUT2D eigenvalue weighted by molar-refractivity contribution is 0.669. The second-order valence-corrected chi connectivity index (χ2v) is 19.6. The monoisotopic (exact) mass is 893 g/mol. The number of para-hydroxylation sites is 3. The highest BCUT2D eigenvalue weighted by Gasteiger charge is 2.46. The van der Waals surface area contributed by atoms with E-state index in [2.05, 4.69) is 236 Å². The molecular formula is C62H48BN3OS. The maximum atomic E-state index is 6.93. The zero-order valence-electron chi connectivity index (χ0n) is 38.4. The van der Waals surface area contributed by atoms with Crippen LogP contribution in [0.4, 0.5) is 51.2 Å². The molecule has 6 heteroatoms. The number of anilines is 9. The van der Waals surface area contributed by atoms with E-state index in [0.717, 1.165) is 56.8 Å². The van der Waals surface area contributed by atoms with Gasteiger partial charge in [0.25, 0.3) is 6.71 Å². The molecule has 0 unspecified atom stereocenters. The van der Waals surface area contributed by atoms with Crippen LogP contribution in [-0.2, 0) is 6.42 Å². The van der Waals surface area contributed by atoms with Crippen LogP contribution in [0.15, 0.2) is 205 Å². The summed E-state index contributed by atoms with van der Waals surface area (Å²) in [6.45, 7) is 6.64. The molecule has 4 nitrogen and oxygen atoms in total. The lowest BCUT2D eigenvalue weighted by atomic mass is 9.36. The molecule has 0 aliphatic carbocycles. The van der Waals surface area contributed by atoms with Gasteiger partial charge in [-0.2, -0.15) is 0 Å². The normalized spacial score (nSPS) is 12.7. The quantitative estimate of drug-likeness (QED) is 0.135. The predicted octanol–water partition coefficient (Wildman–Crippen LogP) is 16.0. The number of rotatable bonds is 9. The van der Waals surface area contributed by atoms with E-state index in [9.17, 15) is 0 Å². The van der Waals surface area contributed by atoms with Crippen LogP contribution in [0.5, 0.6) is 0 Å². The molecule has 0 amide bonds. The number of unbranched alkanes of at least 4 members (excludes halogenated alkanes) is 1. The lowest BCUT2D eigenvalue weighted by Gasteiger charge is -2.43. The summed E-state index contributed by atoms with van der Waals surface area (Å²) >= 11 is 1.94. The van der Waals surface area contributed by atoms with Gasteiger partial charge in [0.1, 0.15) is 5.58 Å². The smallest absolute Gasteiger partial charge is 0.264 e. The van der Waals surface area contributed by atoms with Crippen LogP contribution >= 0.6 is 11.3 Å².